The van der Waals surface area contributed by atoms with E-state index in [2.05, 4.69) is 37.7 Å². The van der Waals surface area contributed by atoms with Crippen LogP contribution in [-0.2, 0) is 39.9 Å². The van der Waals surface area contributed by atoms with Crippen LogP contribution in [0.1, 0.15) is 79.7 Å². The number of nitrogens with one attached hydrogen (secondary N) is 7. The largest absolute Gasteiger partial charge is 0.379 e. The van der Waals surface area contributed by atoms with E-state index < -0.39 is 47.8 Å². The van der Waals surface area contributed by atoms with Crippen molar-refractivity contribution in [2.24, 2.45) is 17.8 Å². The zero-order chi connectivity index (χ0) is 42.4. The molecule has 2 aliphatic rings. The van der Waals surface area contributed by atoms with Gasteiger partial charge in [-0.15, -0.1) is 0 Å². The van der Waals surface area contributed by atoms with Gasteiger partial charge in [-0.1, -0.05) is 71.4 Å². The Labute approximate surface area is 339 Å². The highest BCUT2D eigenvalue weighted by atomic mass is 16.5. The molecule has 3 rings (SSSR count). The summed E-state index contributed by atoms with van der Waals surface area (Å²) in [6.07, 6.45) is 2.74. The van der Waals surface area contributed by atoms with E-state index >= 15 is 0 Å². The molecule has 0 aliphatic carbocycles. The number of amides is 5. The van der Waals surface area contributed by atoms with Gasteiger partial charge in [0.15, 0.2) is 0 Å². The van der Waals surface area contributed by atoms with Crippen molar-refractivity contribution in [1.82, 2.24) is 47.5 Å². The fraction of sp³-hybridized carbons (Fsp3) is 0.683. The molecule has 16 heteroatoms. The molecule has 16 nitrogen and oxygen atoms in total. The number of ether oxygens (including phenoxy) is 2. The first-order valence-electron chi connectivity index (χ1n) is 20.2. The highest BCUT2D eigenvalue weighted by Crippen LogP contribution is 2.30. The smallest absolute Gasteiger partial charge is 0.245 e. The predicted molar refractivity (Wildman–Crippen MR) is 219 cm³/mol. The summed E-state index contributed by atoms with van der Waals surface area (Å²) in [5.74, 6) is -2.37. The quantitative estimate of drug-likeness (QED) is 0.0896. The summed E-state index contributed by atoms with van der Waals surface area (Å²) < 4.78 is 12.0. The Morgan fingerprint density at radius 1 is 1.00 bits per heavy atom. The minimum Gasteiger partial charge on any atom is -0.379 e. The third-order valence-electron chi connectivity index (χ3n) is 11.6. The van der Waals surface area contributed by atoms with Crippen molar-refractivity contribution in [2.75, 3.05) is 41.4 Å². The second-order valence-electron chi connectivity index (χ2n) is 16.2. The molecule has 2 aliphatic heterocycles. The normalized spacial score (nSPS) is 19.2. The minimum absolute atomic E-state index is 0.00220. The van der Waals surface area contributed by atoms with E-state index in [-0.39, 0.29) is 60.8 Å². The number of nitrogens with zero attached hydrogens (tertiary/aromatic N) is 2. The van der Waals surface area contributed by atoms with Gasteiger partial charge in [0, 0.05) is 40.4 Å². The molecular weight excluding hydrogens is 731 g/mol. The van der Waals surface area contributed by atoms with Gasteiger partial charge < -0.3 is 51.4 Å². The minimum atomic E-state index is -0.881. The van der Waals surface area contributed by atoms with Gasteiger partial charge in [-0.05, 0) is 51.1 Å². The number of rotatable bonds is 22. The van der Waals surface area contributed by atoms with Crippen molar-refractivity contribution in [3.8, 4) is 0 Å². The molecular formula is C41H69N9O7. The van der Waals surface area contributed by atoms with Crippen molar-refractivity contribution in [1.29, 1.82) is 0 Å². The van der Waals surface area contributed by atoms with Crippen LogP contribution in [0.25, 0.3) is 0 Å². The molecule has 0 unspecified atom stereocenters. The Hall–Kier alpha value is -4.25. The van der Waals surface area contributed by atoms with Crippen molar-refractivity contribution in [3.63, 3.8) is 0 Å². The maximum atomic E-state index is 14.3. The highest BCUT2D eigenvalue weighted by Gasteiger charge is 2.43. The number of likely N-dealkylation sites (N-methyl/N-ethyl adjacent to an activating group) is 2. The lowest BCUT2D eigenvalue weighted by molar-refractivity contribution is -0.148. The molecule has 320 valence electrons. The molecule has 8 atom stereocenters. The Kier molecular flexibility index (Phi) is 18.2. The SMILES string of the molecule is CC[C@H](C)[C@@H]([C@@H](CC(=O)N1CCC[C@H]1[C@H](OC)[C@@H](C)C(=O)N[C@@H](Cc1ccccc1)C(=O)NCC1=CNNN1)OC)N(C)C(=O)[C@@H](NC(=O)C(C)(C)NC)C(C)C. The first kappa shape index (κ1) is 47.1. The lowest BCUT2D eigenvalue weighted by Crippen LogP contribution is -2.61. The van der Waals surface area contributed by atoms with Crippen LogP contribution < -0.4 is 37.7 Å². The third-order valence-corrected chi connectivity index (χ3v) is 11.6. The van der Waals surface area contributed by atoms with Crippen molar-refractivity contribution in [2.45, 2.75) is 122 Å². The summed E-state index contributed by atoms with van der Waals surface area (Å²) in [5, 5.41) is 11.8. The van der Waals surface area contributed by atoms with Crippen molar-refractivity contribution in [3.05, 3.63) is 47.8 Å². The standard InChI is InChI=1S/C41H69N9O7/c1-12-26(4)35(49(9)39(54)34(25(2)3)46-40(55)41(6,7)42-8)32(56-10)22-33(51)50-20-16-19-31(50)36(57-11)27(5)37(52)45-30(21-28-17-14-13-15-18-28)38(53)43-23-29-24-44-48-47-29/h13-15,17-18,24-27,30-32,34-36,42,44,47-48H,12,16,19-23H2,1-11H3,(H,43,53)(H,45,52)(H,46,55)/t26-,27+,30-,31-,32+,34-,35-,36+/m0/s1. The molecule has 1 saturated heterocycles. The molecule has 0 spiro atoms. The van der Waals surface area contributed by atoms with Crippen molar-refractivity contribution < 1.29 is 33.4 Å². The average Bonchev–Trinajstić information content (AvgIpc) is 3.91. The molecule has 1 fully saturated rings. The summed E-state index contributed by atoms with van der Waals surface area (Å²) in [6, 6.07) is 6.95. The number of hydrogen-bond acceptors (Lipinski definition) is 11. The zero-order valence-corrected chi connectivity index (χ0v) is 35.9. The van der Waals surface area contributed by atoms with E-state index in [9.17, 15) is 24.0 Å². The number of methoxy groups -OCH3 is 2. The molecule has 0 radical (unpaired) electrons. The predicted octanol–water partition coefficient (Wildman–Crippen LogP) is 1.34. The summed E-state index contributed by atoms with van der Waals surface area (Å²) >= 11 is 0. The van der Waals surface area contributed by atoms with Gasteiger partial charge in [-0.25, -0.2) is 0 Å². The zero-order valence-electron chi connectivity index (χ0n) is 35.9. The maximum absolute atomic E-state index is 14.3. The van der Waals surface area contributed by atoms with Gasteiger partial charge >= 0.3 is 0 Å². The molecule has 0 bridgehead atoms. The van der Waals surface area contributed by atoms with E-state index in [4.69, 9.17) is 9.47 Å². The van der Waals surface area contributed by atoms with Crippen LogP contribution in [0, 0.1) is 17.8 Å². The number of carbonyl (C=O) groups is 5. The summed E-state index contributed by atoms with van der Waals surface area (Å²) in [5.41, 5.74) is 9.17. The Balaban J connectivity index is 1.78. The number of hydrogen-bond donors (Lipinski definition) is 7. The van der Waals surface area contributed by atoms with E-state index in [1.54, 1.807) is 58.0 Å². The number of hydrazine groups is 2. The van der Waals surface area contributed by atoms with Gasteiger partial charge in [-0.2, -0.15) is 5.53 Å². The number of likely N-dealkylation sites (tertiary alicyclic amines) is 1. The highest BCUT2D eigenvalue weighted by molar-refractivity contribution is 5.92. The van der Waals surface area contributed by atoms with Crippen LogP contribution >= 0.6 is 0 Å². The van der Waals surface area contributed by atoms with Crippen LogP contribution in [0.15, 0.2) is 42.2 Å². The van der Waals surface area contributed by atoms with Gasteiger partial charge in [-0.3, -0.25) is 24.0 Å². The van der Waals surface area contributed by atoms with E-state index in [0.717, 1.165) is 24.1 Å². The Morgan fingerprint density at radius 2 is 1.68 bits per heavy atom. The molecule has 57 heavy (non-hydrogen) atoms. The first-order chi connectivity index (χ1) is 27.0. The third kappa shape index (κ3) is 12.6. The van der Waals surface area contributed by atoms with Gasteiger partial charge in [0.1, 0.15) is 12.1 Å². The molecule has 0 saturated carbocycles. The topological polar surface area (TPSA) is 194 Å². The molecule has 2 heterocycles. The molecule has 0 aromatic heterocycles. The van der Waals surface area contributed by atoms with Crippen LogP contribution in [0.2, 0.25) is 0 Å². The van der Waals surface area contributed by atoms with E-state index in [1.165, 1.54) is 7.11 Å². The Bertz CT molecular complexity index is 1520. The Morgan fingerprint density at radius 3 is 2.25 bits per heavy atom. The summed E-state index contributed by atoms with van der Waals surface area (Å²) in [4.78, 5) is 72.4. The maximum Gasteiger partial charge on any atom is 0.245 e. The fourth-order valence-electron chi connectivity index (χ4n) is 7.51. The molecule has 7 N–H and O–H groups in total. The van der Waals surface area contributed by atoms with Crippen LogP contribution in [0.3, 0.4) is 0 Å². The summed E-state index contributed by atoms with van der Waals surface area (Å²) in [7, 11) is 6.49. The van der Waals surface area contributed by atoms with Gasteiger partial charge in [0.2, 0.25) is 29.5 Å². The molecule has 1 aromatic carbocycles. The van der Waals surface area contributed by atoms with Crippen LogP contribution in [0.5, 0.6) is 0 Å². The van der Waals surface area contributed by atoms with Gasteiger partial charge in [0.05, 0.1) is 54.4 Å². The molecule has 5 amide bonds. The molecule has 1 aromatic rings. The van der Waals surface area contributed by atoms with Crippen LogP contribution in [0.4, 0.5) is 0 Å². The second-order valence-corrected chi connectivity index (χ2v) is 16.2. The van der Waals surface area contributed by atoms with Gasteiger partial charge in [0.25, 0.3) is 0 Å². The lowest BCUT2D eigenvalue weighted by Gasteiger charge is -2.41. The van der Waals surface area contributed by atoms with Crippen LogP contribution in [-0.4, -0.2) is 123 Å². The number of benzene rings is 1. The summed E-state index contributed by atoms with van der Waals surface area (Å²) in [6.45, 7) is 13.8. The van der Waals surface area contributed by atoms with E-state index in [1.807, 2.05) is 58.0 Å². The van der Waals surface area contributed by atoms with E-state index in [0.29, 0.717) is 13.0 Å². The number of carbonyl (C=O) groups excluding carboxylic acids is 5. The second kappa shape index (κ2) is 22.0. The average molecular weight is 800 g/mol. The monoisotopic (exact) mass is 800 g/mol. The fourth-order valence-corrected chi connectivity index (χ4v) is 7.51. The lowest BCUT2D eigenvalue weighted by atomic mass is 9.89. The van der Waals surface area contributed by atoms with Crippen molar-refractivity contribution >= 4 is 29.5 Å². The first-order valence-corrected chi connectivity index (χ1v) is 20.2.